The SMILES string of the molecule is CCOC(=O)C(CCCCCOc1ccc2cc(-c3nc4cc(Cl)ccc4o3)ccc2c1)C(=O)OCC. The Morgan fingerprint density at radius 1 is 0.892 bits per heavy atom. The fourth-order valence-electron chi connectivity index (χ4n) is 4.11. The van der Waals surface area contributed by atoms with Crippen molar-refractivity contribution in [3.8, 4) is 17.2 Å². The van der Waals surface area contributed by atoms with Crippen LogP contribution < -0.4 is 4.74 Å². The summed E-state index contributed by atoms with van der Waals surface area (Å²) in [7, 11) is 0. The van der Waals surface area contributed by atoms with Crippen LogP contribution in [0.25, 0.3) is 33.3 Å². The van der Waals surface area contributed by atoms with Gasteiger partial charge in [0.2, 0.25) is 5.89 Å². The number of carbonyl (C=O) groups excluding carboxylic acids is 2. The van der Waals surface area contributed by atoms with Crippen molar-refractivity contribution < 1.29 is 28.2 Å². The number of unbranched alkanes of at least 4 members (excludes halogenated alkanes) is 2. The highest BCUT2D eigenvalue weighted by Crippen LogP contribution is 2.30. The molecule has 0 radical (unpaired) electrons. The molecule has 7 nitrogen and oxygen atoms in total. The maximum atomic E-state index is 12.1. The van der Waals surface area contributed by atoms with Crippen LogP contribution in [-0.4, -0.2) is 36.7 Å². The first-order valence-corrected chi connectivity index (χ1v) is 12.9. The van der Waals surface area contributed by atoms with E-state index < -0.39 is 17.9 Å². The fourth-order valence-corrected chi connectivity index (χ4v) is 4.27. The Morgan fingerprint density at radius 2 is 1.62 bits per heavy atom. The number of aromatic nitrogens is 1. The summed E-state index contributed by atoms with van der Waals surface area (Å²) in [4.78, 5) is 28.7. The van der Waals surface area contributed by atoms with Gasteiger partial charge in [-0.1, -0.05) is 36.6 Å². The number of hydrogen-bond donors (Lipinski definition) is 0. The van der Waals surface area contributed by atoms with Crippen LogP contribution in [0.1, 0.15) is 39.5 Å². The molecule has 4 rings (SSSR count). The molecule has 194 valence electrons. The minimum Gasteiger partial charge on any atom is -0.494 e. The molecule has 0 amide bonds. The molecular formula is C29H30ClNO6. The number of oxazole rings is 1. The van der Waals surface area contributed by atoms with Gasteiger partial charge in [0.15, 0.2) is 11.5 Å². The smallest absolute Gasteiger partial charge is 0.320 e. The maximum Gasteiger partial charge on any atom is 0.320 e. The third-order valence-corrected chi connectivity index (χ3v) is 6.19. The van der Waals surface area contributed by atoms with Crippen LogP contribution in [0.5, 0.6) is 5.75 Å². The first kappa shape index (κ1) is 26.5. The largest absolute Gasteiger partial charge is 0.494 e. The third-order valence-electron chi connectivity index (χ3n) is 5.96. The summed E-state index contributed by atoms with van der Waals surface area (Å²) < 4.78 is 21.8. The Bertz CT molecular complexity index is 1360. The van der Waals surface area contributed by atoms with Crippen LogP contribution >= 0.6 is 11.6 Å². The van der Waals surface area contributed by atoms with Crippen molar-refractivity contribution in [2.75, 3.05) is 19.8 Å². The van der Waals surface area contributed by atoms with Crippen molar-refractivity contribution >= 4 is 45.4 Å². The van der Waals surface area contributed by atoms with Crippen molar-refractivity contribution in [3.05, 3.63) is 59.6 Å². The molecule has 0 saturated heterocycles. The predicted octanol–water partition coefficient (Wildman–Crippen LogP) is 6.98. The number of carbonyl (C=O) groups is 2. The van der Waals surface area contributed by atoms with Crippen molar-refractivity contribution in [1.29, 1.82) is 0 Å². The van der Waals surface area contributed by atoms with Gasteiger partial charge in [-0.25, -0.2) is 4.98 Å². The minimum absolute atomic E-state index is 0.238. The van der Waals surface area contributed by atoms with Crippen molar-refractivity contribution in [2.24, 2.45) is 5.92 Å². The quantitative estimate of drug-likeness (QED) is 0.112. The van der Waals surface area contributed by atoms with Crippen LogP contribution in [0.3, 0.4) is 0 Å². The van der Waals surface area contributed by atoms with E-state index in [1.54, 1.807) is 26.0 Å². The van der Waals surface area contributed by atoms with Gasteiger partial charge in [0, 0.05) is 10.6 Å². The Morgan fingerprint density at radius 3 is 2.38 bits per heavy atom. The molecule has 0 unspecified atom stereocenters. The normalized spacial score (nSPS) is 11.2. The van der Waals surface area contributed by atoms with Gasteiger partial charge in [-0.3, -0.25) is 9.59 Å². The topological polar surface area (TPSA) is 87.9 Å². The van der Waals surface area contributed by atoms with E-state index in [0.29, 0.717) is 35.9 Å². The Balaban J connectivity index is 1.29. The number of halogens is 1. The molecule has 8 heteroatoms. The first-order chi connectivity index (χ1) is 18.0. The molecule has 0 fully saturated rings. The van der Waals surface area contributed by atoms with E-state index in [1.165, 1.54) is 0 Å². The van der Waals surface area contributed by atoms with Crippen LogP contribution in [0.2, 0.25) is 5.02 Å². The predicted molar refractivity (Wildman–Crippen MR) is 143 cm³/mol. The van der Waals surface area contributed by atoms with E-state index in [2.05, 4.69) is 4.98 Å². The van der Waals surface area contributed by atoms with Crippen molar-refractivity contribution in [3.63, 3.8) is 0 Å². The van der Waals surface area contributed by atoms with E-state index in [0.717, 1.165) is 40.4 Å². The zero-order chi connectivity index (χ0) is 26.2. The molecule has 0 atom stereocenters. The summed E-state index contributed by atoms with van der Waals surface area (Å²) in [6, 6.07) is 17.4. The van der Waals surface area contributed by atoms with E-state index in [1.807, 2.05) is 42.5 Å². The zero-order valence-corrected chi connectivity index (χ0v) is 21.8. The molecule has 1 aromatic heterocycles. The van der Waals surface area contributed by atoms with E-state index >= 15 is 0 Å². The van der Waals surface area contributed by atoms with Crippen molar-refractivity contribution in [1.82, 2.24) is 4.98 Å². The standard InChI is InChI=1S/C29H30ClNO6/c1-3-34-28(32)24(29(33)35-4-2)8-6-5-7-15-36-23-13-11-19-16-21(10-9-20(19)17-23)27-31-25-18-22(30)12-14-26(25)37-27/h9-14,16-18,24H,3-8,15H2,1-2H3. The lowest BCUT2D eigenvalue weighted by atomic mass is 10.0. The average Bonchev–Trinajstić information content (AvgIpc) is 3.31. The molecule has 0 bridgehead atoms. The Kier molecular flexibility index (Phi) is 9.01. The summed E-state index contributed by atoms with van der Waals surface area (Å²) in [6.07, 6.45) is 2.73. The van der Waals surface area contributed by atoms with Gasteiger partial charge in [-0.2, -0.15) is 0 Å². The zero-order valence-electron chi connectivity index (χ0n) is 21.0. The van der Waals surface area contributed by atoms with Crippen LogP contribution in [0.15, 0.2) is 59.0 Å². The third kappa shape index (κ3) is 6.80. The van der Waals surface area contributed by atoms with Gasteiger partial charge >= 0.3 is 11.9 Å². The van der Waals surface area contributed by atoms with Crippen LogP contribution in [0, 0.1) is 5.92 Å². The first-order valence-electron chi connectivity index (χ1n) is 12.5. The highest BCUT2D eigenvalue weighted by Gasteiger charge is 2.28. The number of benzene rings is 3. The van der Waals surface area contributed by atoms with Crippen LogP contribution in [0.4, 0.5) is 0 Å². The Hall–Kier alpha value is -3.58. The van der Waals surface area contributed by atoms with Gasteiger partial charge in [-0.15, -0.1) is 0 Å². The van der Waals surface area contributed by atoms with E-state index in [9.17, 15) is 9.59 Å². The monoisotopic (exact) mass is 523 g/mol. The number of nitrogens with zero attached hydrogens (tertiary/aromatic N) is 1. The summed E-state index contributed by atoms with van der Waals surface area (Å²) in [5.41, 5.74) is 2.31. The highest BCUT2D eigenvalue weighted by molar-refractivity contribution is 6.31. The molecule has 1 heterocycles. The molecule has 0 spiro atoms. The second-order valence-corrected chi connectivity index (χ2v) is 9.05. The second kappa shape index (κ2) is 12.6. The minimum atomic E-state index is -0.862. The number of ether oxygens (including phenoxy) is 3. The molecule has 3 aromatic carbocycles. The average molecular weight is 524 g/mol. The molecule has 0 aliphatic rings. The lowest BCUT2D eigenvalue weighted by Gasteiger charge is -2.14. The number of esters is 2. The lowest BCUT2D eigenvalue weighted by molar-refractivity contribution is -0.161. The summed E-state index contributed by atoms with van der Waals surface area (Å²) in [5, 5.41) is 2.72. The number of fused-ring (bicyclic) bond motifs is 2. The molecule has 0 N–H and O–H groups in total. The van der Waals surface area contributed by atoms with Gasteiger partial charge in [0.1, 0.15) is 11.3 Å². The van der Waals surface area contributed by atoms with Gasteiger partial charge < -0.3 is 18.6 Å². The molecule has 37 heavy (non-hydrogen) atoms. The van der Waals surface area contributed by atoms with Gasteiger partial charge in [0.05, 0.1) is 19.8 Å². The van der Waals surface area contributed by atoms with Crippen LogP contribution in [-0.2, 0) is 19.1 Å². The number of hydrogen-bond acceptors (Lipinski definition) is 7. The molecule has 4 aromatic rings. The Labute approximate surface area is 220 Å². The molecule has 0 aliphatic heterocycles. The summed E-state index contributed by atoms with van der Waals surface area (Å²) in [6.45, 7) is 4.46. The summed E-state index contributed by atoms with van der Waals surface area (Å²) in [5.74, 6) is -0.562. The number of rotatable bonds is 12. The van der Waals surface area contributed by atoms with E-state index in [4.69, 9.17) is 30.2 Å². The summed E-state index contributed by atoms with van der Waals surface area (Å²) >= 11 is 6.06. The second-order valence-electron chi connectivity index (χ2n) is 8.61. The lowest BCUT2D eigenvalue weighted by Crippen LogP contribution is -2.28. The molecular weight excluding hydrogens is 494 g/mol. The van der Waals surface area contributed by atoms with Gasteiger partial charge in [0.25, 0.3) is 0 Å². The maximum absolute atomic E-state index is 12.1. The molecule has 0 aliphatic carbocycles. The van der Waals surface area contributed by atoms with E-state index in [-0.39, 0.29) is 13.2 Å². The van der Waals surface area contributed by atoms with Gasteiger partial charge in [-0.05, 0) is 79.9 Å². The fraction of sp³-hybridized carbons (Fsp3) is 0.345. The molecule has 0 saturated carbocycles. The van der Waals surface area contributed by atoms with Crippen molar-refractivity contribution in [2.45, 2.75) is 39.5 Å². The highest BCUT2D eigenvalue weighted by atomic mass is 35.5.